The van der Waals surface area contributed by atoms with Crippen molar-refractivity contribution < 1.29 is 4.79 Å². The summed E-state index contributed by atoms with van der Waals surface area (Å²) in [4.78, 5) is 12.0. The minimum absolute atomic E-state index is 0.0451. The second-order valence-electron chi connectivity index (χ2n) is 5.25. The molecule has 0 unspecified atom stereocenters. The maximum Gasteiger partial charge on any atom is 0.247 e. The lowest BCUT2D eigenvalue weighted by atomic mass is 10.1. The minimum Gasteiger partial charge on any atom is -0.348 e. The molecule has 0 aliphatic heterocycles. The van der Waals surface area contributed by atoms with E-state index in [9.17, 15) is 4.79 Å². The molecule has 1 aliphatic carbocycles. The number of benzene rings is 1. The maximum atomic E-state index is 12.0. The van der Waals surface area contributed by atoms with Crippen LogP contribution in [0.2, 0.25) is 0 Å². The average molecular weight is 215 g/mol. The van der Waals surface area contributed by atoms with E-state index in [2.05, 4.69) is 11.4 Å². The normalized spacial score (nSPS) is 14.3. The Bertz CT molecular complexity index is 452. The topological polar surface area (TPSA) is 29.1 Å². The Morgan fingerprint density at radius 1 is 1.25 bits per heavy atom. The second-order valence-corrected chi connectivity index (χ2v) is 5.25. The fourth-order valence-corrected chi connectivity index (χ4v) is 1.85. The van der Waals surface area contributed by atoms with Gasteiger partial charge < -0.3 is 5.32 Å². The second kappa shape index (κ2) is 3.78. The zero-order valence-electron chi connectivity index (χ0n) is 10.0. The number of rotatable bonds is 1. The van der Waals surface area contributed by atoms with Crippen molar-refractivity contribution in [3.8, 4) is 0 Å². The lowest BCUT2D eigenvalue weighted by molar-refractivity contribution is -0.118. The highest BCUT2D eigenvalue weighted by atomic mass is 16.1. The van der Waals surface area contributed by atoms with Crippen molar-refractivity contribution in [2.45, 2.75) is 32.7 Å². The van der Waals surface area contributed by atoms with E-state index in [1.54, 1.807) is 0 Å². The van der Waals surface area contributed by atoms with Gasteiger partial charge in [-0.05, 0) is 38.0 Å². The fourth-order valence-electron chi connectivity index (χ4n) is 1.85. The maximum absolute atomic E-state index is 12.0. The summed E-state index contributed by atoms with van der Waals surface area (Å²) >= 11 is 0. The van der Waals surface area contributed by atoms with Gasteiger partial charge in [-0.1, -0.05) is 24.3 Å². The van der Waals surface area contributed by atoms with Gasteiger partial charge in [0.25, 0.3) is 0 Å². The summed E-state index contributed by atoms with van der Waals surface area (Å²) in [5.74, 6) is 0.0451. The number of carbonyl (C=O) groups is 1. The van der Waals surface area contributed by atoms with Gasteiger partial charge in [-0.3, -0.25) is 4.79 Å². The molecule has 2 nitrogen and oxygen atoms in total. The first-order valence-electron chi connectivity index (χ1n) is 5.57. The Hall–Kier alpha value is -1.57. The minimum atomic E-state index is -0.174. The molecule has 0 saturated heterocycles. The van der Waals surface area contributed by atoms with Crippen LogP contribution >= 0.6 is 0 Å². The number of amides is 1. The van der Waals surface area contributed by atoms with Crippen molar-refractivity contribution in [2.75, 3.05) is 0 Å². The Morgan fingerprint density at radius 2 is 1.94 bits per heavy atom. The van der Waals surface area contributed by atoms with E-state index < -0.39 is 0 Å². The molecule has 0 fully saturated rings. The molecule has 0 saturated carbocycles. The molecule has 0 bridgehead atoms. The van der Waals surface area contributed by atoms with E-state index >= 15 is 0 Å². The van der Waals surface area contributed by atoms with E-state index in [1.165, 1.54) is 11.1 Å². The van der Waals surface area contributed by atoms with Crippen LogP contribution < -0.4 is 5.32 Å². The third-order valence-corrected chi connectivity index (χ3v) is 2.55. The highest BCUT2D eigenvalue weighted by molar-refractivity contribution is 6.00. The first-order chi connectivity index (χ1) is 7.46. The van der Waals surface area contributed by atoms with Crippen LogP contribution in [0.4, 0.5) is 0 Å². The molecular weight excluding hydrogens is 198 g/mol. The van der Waals surface area contributed by atoms with Gasteiger partial charge in [-0.15, -0.1) is 0 Å². The molecule has 0 heterocycles. The molecule has 0 aromatic heterocycles. The largest absolute Gasteiger partial charge is 0.348 e. The molecule has 1 N–H and O–H groups in total. The Kier molecular flexibility index (Phi) is 2.58. The van der Waals surface area contributed by atoms with Gasteiger partial charge in [0.05, 0.1) is 0 Å². The zero-order valence-corrected chi connectivity index (χ0v) is 10.0. The average Bonchev–Trinajstić information content (AvgIpc) is 2.58. The van der Waals surface area contributed by atoms with E-state index in [1.807, 2.05) is 45.0 Å². The van der Waals surface area contributed by atoms with Crippen LogP contribution in [0.5, 0.6) is 0 Å². The molecule has 1 aliphatic rings. The third-order valence-electron chi connectivity index (χ3n) is 2.55. The number of nitrogens with one attached hydrogen (secondary N) is 1. The molecule has 2 rings (SSSR count). The first-order valence-corrected chi connectivity index (χ1v) is 5.57. The van der Waals surface area contributed by atoms with E-state index in [4.69, 9.17) is 0 Å². The lowest BCUT2D eigenvalue weighted by Gasteiger charge is -2.20. The van der Waals surface area contributed by atoms with Gasteiger partial charge in [0, 0.05) is 17.5 Å². The standard InChI is InChI=1S/C14H17NO/c1-14(2,3)15-13(16)12-8-10-6-4-5-7-11(10)9-12/h4-8H,9H2,1-3H3,(H,15,16). The van der Waals surface area contributed by atoms with Crippen LogP contribution in [0.1, 0.15) is 31.9 Å². The van der Waals surface area contributed by atoms with Crippen LogP contribution in [-0.2, 0) is 11.2 Å². The molecule has 1 aromatic carbocycles. The molecular formula is C14H17NO. The van der Waals surface area contributed by atoms with Gasteiger partial charge in [0.2, 0.25) is 5.91 Å². The highest BCUT2D eigenvalue weighted by Gasteiger charge is 2.21. The van der Waals surface area contributed by atoms with Crippen LogP contribution in [0.25, 0.3) is 6.08 Å². The summed E-state index contributed by atoms with van der Waals surface area (Å²) in [5.41, 5.74) is 3.09. The number of carbonyl (C=O) groups excluding carboxylic acids is 1. The van der Waals surface area contributed by atoms with Crippen molar-refractivity contribution in [1.82, 2.24) is 5.32 Å². The molecule has 16 heavy (non-hydrogen) atoms. The van der Waals surface area contributed by atoms with E-state index in [0.29, 0.717) is 0 Å². The number of fused-ring (bicyclic) bond motifs is 1. The van der Waals surface area contributed by atoms with Gasteiger partial charge in [0.15, 0.2) is 0 Å². The lowest BCUT2D eigenvalue weighted by Crippen LogP contribution is -2.41. The van der Waals surface area contributed by atoms with Crippen molar-refractivity contribution in [1.29, 1.82) is 0 Å². The van der Waals surface area contributed by atoms with Crippen molar-refractivity contribution >= 4 is 12.0 Å². The quantitative estimate of drug-likeness (QED) is 0.766. The molecule has 0 atom stereocenters. The number of hydrogen-bond acceptors (Lipinski definition) is 1. The number of hydrogen-bond donors (Lipinski definition) is 1. The summed E-state index contributed by atoms with van der Waals surface area (Å²) in [6, 6.07) is 8.13. The zero-order chi connectivity index (χ0) is 11.8. The fraction of sp³-hybridized carbons (Fsp3) is 0.357. The van der Waals surface area contributed by atoms with Gasteiger partial charge in [-0.2, -0.15) is 0 Å². The van der Waals surface area contributed by atoms with Gasteiger partial charge in [-0.25, -0.2) is 0 Å². The Morgan fingerprint density at radius 3 is 2.56 bits per heavy atom. The van der Waals surface area contributed by atoms with E-state index in [0.717, 1.165) is 12.0 Å². The molecule has 1 aromatic rings. The van der Waals surface area contributed by atoms with Crippen molar-refractivity contribution in [3.05, 3.63) is 41.0 Å². The van der Waals surface area contributed by atoms with Crippen molar-refractivity contribution in [3.63, 3.8) is 0 Å². The Labute approximate surface area is 96.4 Å². The predicted octanol–water partition coefficient (Wildman–Crippen LogP) is 2.54. The van der Waals surface area contributed by atoms with Gasteiger partial charge >= 0.3 is 0 Å². The monoisotopic (exact) mass is 215 g/mol. The smallest absolute Gasteiger partial charge is 0.247 e. The molecule has 0 spiro atoms. The SMILES string of the molecule is CC(C)(C)NC(=O)C1=Cc2ccccc2C1. The summed E-state index contributed by atoms with van der Waals surface area (Å²) in [6.45, 7) is 5.98. The summed E-state index contributed by atoms with van der Waals surface area (Å²) < 4.78 is 0. The van der Waals surface area contributed by atoms with Crippen molar-refractivity contribution in [2.24, 2.45) is 0 Å². The highest BCUT2D eigenvalue weighted by Crippen LogP contribution is 2.24. The summed E-state index contributed by atoms with van der Waals surface area (Å²) in [7, 11) is 0. The van der Waals surface area contributed by atoms with Crippen LogP contribution in [0.3, 0.4) is 0 Å². The Balaban J connectivity index is 2.14. The molecule has 0 radical (unpaired) electrons. The van der Waals surface area contributed by atoms with Crippen LogP contribution in [0.15, 0.2) is 29.8 Å². The van der Waals surface area contributed by atoms with Gasteiger partial charge in [0.1, 0.15) is 0 Å². The molecule has 84 valence electrons. The summed E-state index contributed by atoms with van der Waals surface area (Å²) in [6.07, 6.45) is 2.73. The summed E-state index contributed by atoms with van der Waals surface area (Å²) in [5, 5.41) is 2.99. The third kappa shape index (κ3) is 2.32. The van der Waals surface area contributed by atoms with Crippen LogP contribution in [-0.4, -0.2) is 11.4 Å². The predicted molar refractivity (Wildman–Crippen MR) is 66.0 cm³/mol. The molecule has 2 heteroatoms. The first kappa shape index (κ1) is 10.9. The van der Waals surface area contributed by atoms with Crippen LogP contribution in [0, 0.1) is 0 Å². The molecule has 1 amide bonds. The van der Waals surface area contributed by atoms with E-state index in [-0.39, 0.29) is 11.4 Å².